The van der Waals surface area contributed by atoms with Gasteiger partial charge in [-0.2, -0.15) is 0 Å². The van der Waals surface area contributed by atoms with Gasteiger partial charge < -0.3 is 5.11 Å². The molecule has 0 aromatic heterocycles. The number of aliphatic carboxylic acids is 1. The van der Waals surface area contributed by atoms with Crippen LogP contribution in [0, 0.1) is 5.92 Å². The zero-order valence-electron chi connectivity index (χ0n) is 10.0. The standard InChI is InChI=1S/C13H23NO2/c15-13(16)9-12-7-3-4-8-14(12)10-11-5-1-2-6-11/h11-12H,1-10H2,(H,15,16). The molecule has 0 aromatic rings. The maximum absolute atomic E-state index is 10.8. The van der Waals surface area contributed by atoms with Crippen molar-refractivity contribution in [2.24, 2.45) is 5.92 Å². The van der Waals surface area contributed by atoms with Crippen LogP contribution in [-0.4, -0.2) is 35.1 Å². The van der Waals surface area contributed by atoms with Gasteiger partial charge in [-0.15, -0.1) is 0 Å². The molecule has 1 saturated carbocycles. The first-order chi connectivity index (χ1) is 7.75. The van der Waals surface area contributed by atoms with E-state index >= 15 is 0 Å². The van der Waals surface area contributed by atoms with Gasteiger partial charge in [0.15, 0.2) is 0 Å². The fourth-order valence-electron chi connectivity index (χ4n) is 3.26. The Balaban J connectivity index is 1.85. The molecule has 1 aliphatic carbocycles. The third-order valence-corrected chi connectivity index (χ3v) is 4.13. The van der Waals surface area contributed by atoms with E-state index < -0.39 is 5.97 Å². The van der Waals surface area contributed by atoms with Gasteiger partial charge in [0, 0.05) is 12.6 Å². The number of hydrogen-bond donors (Lipinski definition) is 1. The lowest BCUT2D eigenvalue weighted by Gasteiger charge is -2.36. The van der Waals surface area contributed by atoms with Crippen LogP contribution in [0.5, 0.6) is 0 Å². The maximum atomic E-state index is 10.8. The van der Waals surface area contributed by atoms with Crippen LogP contribution in [0.15, 0.2) is 0 Å². The summed E-state index contributed by atoms with van der Waals surface area (Å²) in [7, 11) is 0. The number of piperidine rings is 1. The molecule has 0 amide bonds. The zero-order chi connectivity index (χ0) is 11.4. The molecule has 0 aromatic carbocycles. The molecule has 0 spiro atoms. The number of nitrogens with zero attached hydrogens (tertiary/aromatic N) is 1. The predicted molar refractivity (Wildman–Crippen MR) is 63.4 cm³/mol. The van der Waals surface area contributed by atoms with Gasteiger partial charge in [-0.05, 0) is 38.1 Å². The molecule has 1 heterocycles. The predicted octanol–water partition coefficient (Wildman–Crippen LogP) is 2.51. The third kappa shape index (κ3) is 3.21. The molecule has 1 atom stereocenters. The summed E-state index contributed by atoms with van der Waals surface area (Å²) in [6.07, 6.45) is 9.35. The second-order valence-corrected chi connectivity index (χ2v) is 5.39. The van der Waals surface area contributed by atoms with Crippen molar-refractivity contribution in [2.75, 3.05) is 13.1 Å². The maximum Gasteiger partial charge on any atom is 0.304 e. The van der Waals surface area contributed by atoms with Crippen LogP contribution >= 0.6 is 0 Å². The van der Waals surface area contributed by atoms with Gasteiger partial charge in [0.25, 0.3) is 0 Å². The van der Waals surface area contributed by atoms with E-state index in [0.29, 0.717) is 12.5 Å². The van der Waals surface area contributed by atoms with Crippen molar-refractivity contribution in [3.63, 3.8) is 0 Å². The minimum atomic E-state index is -0.636. The van der Waals surface area contributed by atoms with Crippen molar-refractivity contribution in [2.45, 2.75) is 57.4 Å². The lowest BCUT2D eigenvalue weighted by molar-refractivity contribution is -0.138. The molecule has 1 saturated heterocycles. The molecule has 2 aliphatic rings. The zero-order valence-corrected chi connectivity index (χ0v) is 10.0. The van der Waals surface area contributed by atoms with E-state index in [-0.39, 0.29) is 0 Å². The number of carboxylic acids is 1. The summed E-state index contributed by atoms with van der Waals surface area (Å²) in [5.41, 5.74) is 0. The summed E-state index contributed by atoms with van der Waals surface area (Å²) in [5.74, 6) is 0.206. The van der Waals surface area contributed by atoms with Gasteiger partial charge in [0.2, 0.25) is 0 Å². The highest BCUT2D eigenvalue weighted by atomic mass is 16.4. The summed E-state index contributed by atoms with van der Waals surface area (Å²) in [6.45, 7) is 2.27. The van der Waals surface area contributed by atoms with E-state index in [0.717, 1.165) is 25.4 Å². The molecule has 0 bridgehead atoms. The topological polar surface area (TPSA) is 40.5 Å². The van der Waals surface area contributed by atoms with Crippen LogP contribution < -0.4 is 0 Å². The Morgan fingerprint density at radius 1 is 1.12 bits per heavy atom. The number of carboxylic acid groups (broad SMARTS) is 1. The van der Waals surface area contributed by atoms with E-state index in [2.05, 4.69) is 4.90 Å². The molecule has 0 radical (unpaired) electrons. The molecular weight excluding hydrogens is 202 g/mol. The molecule has 1 aliphatic heterocycles. The van der Waals surface area contributed by atoms with Crippen LogP contribution in [0.2, 0.25) is 0 Å². The molecule has 92 valence electrons. The number of rotatable bonds is 4. The van der Waals surface area contributed by atoms with Crippen LogP contribution in [0.1, 0.15) is 51.4 Å². The average Bonchev–Trinajstić information content (AvgIpc) is 2.73. The first-order valence-corrected chi connectivity index (χ1v) is 6.71. The highest BCUT2D eigenvalue weighted by Crippen LogP contribution is 2.28. The van der Waals surface area contributed by atoms with Crippen LogP contribution in [0.4, 0.5) is 0 Å². The molecule has 2 fully saturated rings. The molecule has 1 N–H and O–H groups in total. The van der Waals surface area contributed by atoms with Crippen molar-refractivity contribution in [1.82, 2.24) is 4.90 Å². The van der Waals surface area contributed by atoms with Gasteiger partial charge >= 0.3 is 5.97 Å². The molecule has 2 rings (SSSR count). The number of likely N-dealkylation sites (tertiary alicyclic amines) is 1. The monoisotopic (exact) mass is 225 g/mol. The Hall–Kier alpha value is -0.570. The molecule has 16 heavy (non-hydrogen) atoms. The van der Waals surface area contributed by atoms with Gasteiger partial charge in [-0.3, -0.25) is 9.69 Å². The molecule has 3 heteroatoms. The SMILES string of the molecule is O=C(O)CC1CCCCN1CC1CCCC1. The Labute approximate surface area is 97.8 Å². The number of carbonyl (C=O) groups is 1. The minimum Gasteiger partial charge on any atom is -0.481 e. The van der Waals surface area contributed by atoms with Gasteiger partial charge in [0.1, 0.15) is 0 Å². The van der Waals surface area contributed by atoms with Gasteiger partial charge in [-0.1, -0.05) is 19.3 Å². The van der Waals surface area contributed by atoms with Gasteiger partial charge in [-0.25, -0.2) is 0 Å². The van der Waals surface area contributed by atoms with E-state index in [4.69, 9.17) is 5.11 Å². The van der Waals surface area contributed by atoms with Crippen molar-refractivity contribution >= 4 is 5.97 Å². The smallest absolute Gasteiger partial charge is 0.304 e. The Kier molecular flexibility index (Phi) is 4.22. The van der Waals surface area contributed by atoms with E-state index in [1.165, 1.54) is 38.5 Å². The summed E-state index contributed by atoms with van der Waals surface area (Å²) in [4.78, 5) is 13.3. The van der Waals surface area contributed by atoms with Crippen molar-refractivity contribution in [1.29, 1.82) is 0 Å². The quantitative estimate of drug-likeness (QED) is 0.799. The Morgan fingerprint density at radius 3 is 2.50 bits per heavy atom. The third-order valence-electron chi connectivity index (χ3n) is 4.13. The fourth-order valence-corrected chi connectivity index (χ4v) is 3.26. The second-order valence-electron chi connectivity index (χ2n) is 5.39. The van der Waals surface area contributed by atoms with Crippen molar-refractivity contribution in [3.8, 4) is 0 Å². The largest absolute Gasteiger partial charge is 0.481 e. The highest BCUT2D eigenvalue weighted by Gasteiger charge is 2.27. The first kappa shape index (κ1) is 11.9. The summed E-state index contributed by atoms with van der Waals surface area (Å²) < 4.78 is 0. The molecule has 1 unspecified atom stereocenters. The molecule has 3 nitrogen and oxygen atoms in total. The fraction of sp³-hybridized carbons (Fsp3) is 0.923. The molecular formula is C13H23NO2. The normalized spacial score (nSPS) is 28.4. The van der Waals surface area contributed by atoms with Gasteiger partial charge in [0.05, 0.1) is 6.42 Å². The first-order valence-electron chi connectivity index (χ1n) is 6.71. The highest BCUT2D eigenvalue weighted by molar-refractivity contribution is 5.67. The average molecular weight is 225 g/mol. The van der Waals surface area contributed by atoms with Crippen LogP contribution in [0.3, 0.4) is 0 Å². The lowest BCUT2D eigenvalue weighted by atomic mass is 9.97. The Bertz CT molecular complexity index is 236. The number of hydrogen-bond acceptors (Lipinski definition) is 2. The minimum absolute atomic E-state index is 0.312. The summed E-state index contributed by atoms with van der Waals surface area (Å²) >= 11 is 0. The van der Waals surface area contributed by atoms with Crippen molar-refractivity contribution in [3.05, 3.63) is 0 Å². The van der Waals surface area contributed by atoms with E-state index in [1.807, 2.05) is 0 Å². The van der Waals surface area contributed by atoms with E-state index in [9.17, 15) is 4.79 Å². The summed E-state index contributed by atoms with van der Waals surface area (Å²) in [5, 5.41) is 8.92. The lowest BCUT2D eigenvalue weighted by Crippen LogP contribution is -2.43. The van der Waals surface area contributed by atoms with E-state index in [1.54, 1.807) is 0 Å². The Morgan fingerprint density at radius 2 is 1.81 bits per heavy atom. The van der Waals surface area contributed by atoms with Crippen molar-refractivity contribution < 1.29 is 9.90 Å². The van der Waals surface area contributed by atoms with Crippen LogP contribution in [-0.2, 0) is 4.79 Å². The second kappa shape index (κ2) is 5.67. The summed E-state index contributed by atoms with van der Waals surface area (Å²) in [6, 6.07) is 0.312. The van der Waals surface area contributed by atoms with Crippen LogP contribution in [0.25, 0.3) is 0 Å².